The highest BCUT2D eigenvalue weighted by Gasteiger charge is 2.26. The molecule has 1 aliphatic rings. The second-order valence-corrected chi connectivity index (χ2v) is 10.5. The van der Waals surface area contributed by atoms with Crippen LogP contribution in [0.4, 0.5) is 5.82 Å². The molecule has 1 amide bonds. The van der Waals surface area contributed by atoms with E-state index >= 15 is 0 Å². The van der Waals surface area contributed by atoms with Crippen molar-refractivity contribution in [1.82, 2.24) is 19.8 Å². The highest BCUT2D eigenvalue weighted by atomic mass is 32.2. The minimum atomic E-state index is -3.25. The Morgan fingerprint density at radius 1 is 1.16 bits per heavy atom. The number of sulfone groups is 1. The van der Waals surface area contributed by atoms with E-state index in [1.54, 1.807) is 24.1 Å². The first-order valence-electron chi connectivity index (χ1n) is 10.3. The second kappa shape index (κ2) is 9.32. The van der Waals surface area contributed by atoms with Crippen LogP contribution in [0, 0.1) is 0 Å². The normalized spacial score (nSPS) is 17.0. The first kappa shape index (κ1) is 23.1. The third kappa shape index (κ3) is 5.80. The van der Waals surface area contributed by atoms with Crippen molar-refractivity contribution in [2.45, 2.75) is 36.7 Å². The molecule has 31 heavy (non-hydrogen) atoms. The van der Waals surface area contributed by atoms with E-state index < -0.39 is 9.84 Å². The van der Waals surface area contributed by atoms with E-state index in [4.69, 9.17) is 9.97 Å². The van der Waals surface area contributed by atoms with Crippen LogP contribution < -0.4 is 4.90 Å². The maximum absolute atomic E-state index is 12.8. The molecule has 168 valence electrons. The molecule has 0 saturated carbocycles. The maximum Gasteiger partial charge on any atom is 0.227 e. The lowest BCUT2D eigenvalue weighted by Gasteiger charge is -2.23. The number of hydrogen-bond acceptors (Lipinski definition) is 7. The number of amides is 1. The van der Waals surface area contributed by atoms with E-state index in [2.05, 4.69) is 11.9 Å². The summed E-state index contributed by atoms with van der Waals surface area (Å²) in [5.41, 5.74) is 1.58. The summed E-state index contributed by atoms with van der Waals surface area (Å²) >= 11 is 0. The van der Waals surface area contributed by atoms with Crippen molar-refractivity contribution >= 4 is 21.6 Å². The van der Waals surface area contributed by atoms with Crippen molar-refractivity contribution in [3.8, 4) is 0 Å². The van der Waals surface area contributed by atoms with Gasteiger partial charge >= 0.3 is 0 Å². The summed E-state index contributed by atoms with van der Waals surface area (Å²) in [6.45, 7) is 1.42. The number of anilines is 1. The van der Waals surface area contributed by atoms with Gasteiger partial charge in [-0.2, -0.15) is 0 Å². The Labute approximate surface area is 184 Å². The van der Waals surface area contributed by atoms with Gasteiger partial charge in [-0.05, 0) is 44.1 Å². The first-order valence-corrected chi connectivity index (χ1v) is 12.2. The number of aromatic nitrogens is 2. The Morgan fingerprint density at radius 3 is 2.39 bits per heavy atom. The van der Waals surface area contributed by atoms with Crippen LogP contribution in [0.3, 0.4) is 0 Å². The smallest absolute Gasteiger partial charge is 0.227 e. The Bertz CT molecular complexity index is 1040. The van der Waals surface area contributed by atoms with Crippen molar-refractivity contribution in [2.24, 2.45) is 0 Å². The fourth-order valence-electron chi connectivity index (χ4n) is 3.69. The summed E-state index contributed by atoms with van der Waals surface area (Å²) in [7, 11) is 4.49. The van der Waals surface area contributed by atoms with E-state index in [1.165, 1.54) is 18.4 Å². The number of likely N-dealkylation sites (tertiary alicyclic amines) is 1. The minimum absolute atomic E-state index is 0.0587. The summed E-state index contributed by atoms with van der Waals surface area (Å²) in [4.78, 5) is 28.4. The first-order chi connectivity index (χ1) is 14.5. The monoisotopic (exact) mass is 445 g/mol. The van der Waals surface area contributed by atoms with Crippen molar-refractivity contribution in [1.29, 1.82) is 0 Å². The van der Waals surface area contributed by atoms with Crippen molar-refractivity contribution in [3.05, 3.63) is 47.4 Å². The third-order valence-corrected chi connectivity index (χ3v) is 6.72. The number of hydrogen-bond donors (Lipinski definition) is 0. The molecule has 0 unspecified atom stereocenters. The van der Waals surface area contributed by atoms with Gasteiger partial charge in [0.2, 0.25) is 5.91 Å². The van der Waals surface area contributed by atoms with Gasteiger partial charge in [0, 0.05) is 33.5 Å². The van der Waals surface area contributed by atoms with Gasteiger partial charge in [0.05, 0.1) is 29.6 Å². The summed E-state index contributed by atoms with van der Waals surface area (Å²) in [6.07, 6.45) is 3.53. The quantitative estimate of drug-likeness (QED) is 0.643. The van der Waals surface area contributed by atoms with Crippen LogP contribution in [0.1, 0.15) is 36.0 Å². The highest BCUT2D eigenvalue weighted by molar-refractivity contribution is 7.90. The van der Waals surface area contributed by atoms with Crippen molar-refractivity contribution in [3.63, 3.8) is 0 Å². The lowest BCUT2D eigenvalue weighted by Crippen LogP contribution is -2.29. The van der Waals surface area contributed by atoms with Crippen LogP contribution in [-0.4, -0.2) is 75.1 Å². The second-order valence-electron chi connectivity index (χ2n) is 8.45. The molecule has 9 heteroatoms. The lowest BCUT2D eigenvalue weighted by atomic mass is 10.1. The molecule has 0 spiro atoms. The maximum atomic E-state index is 12.8. The van der Waals surface area contributed by atoms with Crippen LogP contribution in [0.2, 0.25) is 0 Å². The van der Waals surface area contributed by atoms with Crippen molar-refractivity contribution in [2.75, 3.05) is 45.9 Å². The number of benzene rings is 1. The topological polar surface area (TPSA) is 86.7 Å². The molecule has 8 nitrogen and oxygen atoms in total. The van der Waals surface area contributed by atoms with E-state index in [0.717, 1.165) is 42.3 Å². The average Bonchev–Trinajstić information content (AvgIpc) is 3.13. The van der Waals surface area contributed by atoms with Gasteiger partial charge in [0.25, 0.3) is 0 Å². The van der Waals surface area contributed by atoms with Gasteiger partial charge in [-0.3, -0.25) is 9.69 Å². The molecule has 1 fully saturated rings. The molecule has 1 aromatic carbocycles. The Morgan fingerprint density at radius 2 is 1.84 bits per heavy atom. The molecule has 0 radical (unpaired) electrons. The molecular weight excluding hydrogens is 414 g/mol. The zero-order valence-corrected chi connectivity index (χ0v) is 19.7. The third-order valence-electron chi connectivity index (χ3n) is 5.59. The van der Waals surface area contributed by atoms with Gasteiger partial charge < -0.3 is 9.80 Å². The van der Waals surface area contributed by atoms with E-state index in [9.17, 15) is 13.2 Å². The SMILES string of the molecule is CN(Cc1cc(N(C)C)nc([C@@H]2CCCN2C)n1)C(=O)Cc1ccc(S(C)(=O)=O)cc1. The molecule has 2 heterocycles. The molecule has 0 aliphatic carbocycles. The molecule has 2 aromatic rings. The fourth-order valence-corrected chi connectivity index (χ4v) is 4.32. The molecule has 1 atom stereocenters. The largest absolute Gasteiger partial charge is 0.363 e. The molecule has 0 N–H and O–H groups in total. The van der Waals surface area contributed by atoms with Crippen LogP contribution >= 0.6 is 0 Å². The molecular formula is C22H31N5O3S. The highest BCUT2D eigenvalue weighted by Crippen LogP contribution is 2.29. The molecule has 1 saturated heterocycles. The summed E-state index contributed by atoms with van der Waals surface area (Å²) < 4.78 is 23.2. The zero-order chi connectivity index (χ0) is 22.8. The predicted octanol–water partition coefficient (Wildman–Crippen LogP) is 1.91. The molecule has 3 rings (SSSR count). The van der Waals surface area contributed by atoms with Crippen LogP contribution in [0.25, 0.3) is 0 Å². The van der Waals surface area contributed by atoms with Crippen LogP contribution in [0.15, 0.2) is 35.2 Å². The van der Waals surface area contributed by atoms with Gasteiger partial charge in [-0.1, -0.05) is 12.1 Å². The van der Waals surface area contributed by atoms with Crippen LogP contribution in [-0.2, 0) is 27.6 Å². The van der Waals surface area contributed by atoms with Gasteiger partial charge in [-0.15, -0.1) is 0 Å². The van der Waals surface area contributed by atoms with Gasteiger partial charge in [0.15, 0.2) is 9.84 Å². The molecule has 1 aliphatic heterocycles. The van der Waals surface area contributed by atoms with Crippen LogP contribution in [0.5, 0.6) is 0 Å². The average molecular weight is 446 g/mol. The number of likely N-dealkylation sites (N-methyl/N-ethyl adjacent to an activating group) is 1. The van der Waals surface area contributed by atoms with E-state index in [1.807, 2.05) is 25.1 Å². The number of carbonyl (C=O) groups is 1. The summed E-state index contributed by atoms with van der Waals surface area (Å²) in [5.74, 6) is 1.58. The number of carbonyl (C=O) groups excluding carboxylic acids is 1. The Kier molecular flexibility index (Phi) is 6.96. The lowest BCUT2D eigenvalue weighted by molar-refractivity contribution is -0.129. The fraction of sp³-hybridized carbons (Fsp3) is 0.500. The predicted molar refractivity (Wildman–Crippen MR) is 121 cm³/mol. The number of nitrogens with zero attached hydrogens (tertiary/aromatic N) is 5. The van der Waals surface area contributed by atoms with Crippen molar-refractivity contribution < 1.29 is 13.2 Å². The Balaban J connectivity index is 1.73. The standard InChI is InChI=1S/C22H31N5O3S/c1-25(2)20-14-17(23-22(24-20)19-7-6-12-26(19)3)15-27(4)21(28)13-16-8-10-18(11-9-16)31(5,29)30/h8-11,14,19H,6-7,12-13,15H2,1-5H3/t19-/m0/s1. The molecule has 1 aromatic heterocycles. The van der Waals surface area contributed by atoms with Gasteiger partial charge in [0.1, 0.15) is 11.6 Å². The van der Waals surface area contributed by atoms with E-state index in [0.29, 0.717) is 6.54 Å². The summed E-state index contributed by atoms with van der Waals surface area (Å²) in [6, 6.07) is 8.57. The molecule has 0 bridgehead atoms. The minimum Gasteiger partial charge on any atom is -0.363 e. The Hall–Kier alpha value is -2.52. The number of rotatable bonds is 7. The van der Waals surface area contributed by atoms with E-state index in [-0.39, 0.29) is 23.3 Å². The summed E-state index contributed by atoms with van der Waals surface area (Å²) in [5, 5.41) is 0. The van der Waals surface area contributed by atoms with Gasteiger partial charge in [-0.25, -0.2) is 18.4 Å². The zero-order valence-electron chi connectivity index (χ0n) is 18.9.